The van der Waals surface area contributed by atoms with E-state index in [0.717, 1.165) is 19.3 Å². The van der Waals surface area contributed by atoms with Crippen LogP contribution in [-0.2, 0) is 9.59 Å². The summed E-state index contributed by atoms with van der Waals surface area (Å²) in [6, 6.07) is -1.74. The molecular formula is C15H31BN6O3. The van der Waals surface area contributed by atoms with Crippen molar-refractivity contribution in [2.75, 3.05) is 20.1 Å². The van der Waals surface area contributed by atoms with Crippen LogP contribution in [0.4, 0.5) is 4.79 Å². The van der Waals surface area contributed by atoms with Gasteiger partial charge in [0.05, 0.1) is 12.6 Å². The van der Waals surface area contributed by atoms with Crippen LogP contribution in [0.15, 0.2) is 0 Å². The number of nitrogens with two attached hydrogens (primary N) is 1. The summed E-state index contributed by atoms with van der Waals surface area (Å²) in [6.45, 7) is 4.34. The fourth-order valence-corrected chi connectivity index (χ4v) is 2.79. The zero-order valence-electron chi connectivity index (χ0n) is 15.7. The van der Waals surface area contributed by atoms with Crippen molar-refractivity contribution in [2.24, 2.45) is 5.84 Å². The first-order valence-electron chi connectivity index (χ1n) is 8.87. The molecule has 9 nitrogen and oxygen atoms in total. The summed E-state index contributed by atoms with van der Waals surface area (Å²) in [6.07, 6.45) is 3.33. The zero-order chi connectivity index (χ0) is 19.0. The molecule has 4 amide bonds. The van der Waals surface area contributed by atoms with E-state index in [1.807, 2.05) is 0 Å². The highest BCUT2D eigenvalue weighted by molar-refractivity contribution is 6.13. The first-order chi connectivity index (χ1) is 11.8. The molecule has 0 aromatic carbocycles. The summed E-state index contributed by atoms with van der Waals surface area (Å²) in [5.74, 6) is 5.38. The Balaban J connectivity index is 2.98. The summed E-state index contributed by atoms with van der Waals surface area (Å²) >= 11 is 0. The molecule has 25 heavy (non-hydrogen) atoms. The van der Waals surface area contributed by atoms with Crippen LogP contribution in [-0.4, -0.2) is 74.0 Å². The van der Waals surface area contributed by atoms with Gasteiger partial charge in [-0.15, -0.1) is 0 Å². The smallest absolute Gasteiger partial charge is 0.304 e. The maximum Gasteiger partial charge on any atom is 0.304 e. The number of nitrogens with zero attached hydrogens (tertiary/aromatic N) is 2. The molecule has 3 atom stereocenters. The Bertz CT molecular complexity index is 478. The molecule has 0 saturated carbocycles. The summed E-state index contributed by atoms with van der Waals surface area (Å²) in [5.41, 5.74) is 0. The molecule has 1 fully saturated rings. The number of carbonyl (C=O) groups is 3. The standard InChI is InChI=1S/C15H31BN6O3/c1-4-5-6-11-7-8-21(15(25)20-16)9-12(14(24)22(11)17)19-13(23)10(2)18-3/h10-12,18H,4-9,16-17H2,1-3H3,(H,19,23)(H,20,25)/t10-,11+,12-/m0/s1. The number of likely N-dealkylation sites (N-methyl/N-ethyl adjacent to an activating group) is 1. The minimum absolute atomic E-state index is 0.0921. The van der Waals surface area contributed by atoms with Gasteiger partial charge in [-0.2, -0.15) is 0 Å². The Morgan fingerprint density at radius 1 is 1.44 bits per heavy atom. The predicted molar refractivity (Wildman–Crippen MR) is 98.1 cm³/mol. The lowest BCUT2D eigenvalue weighted by Crippen LogP contribution is -2.63. The lowest BCUT2D eigenvalue weighted by molar-refractivity contribution is -0.140. The number of nitrogens with one attached hydrogen (secondary N) is 3. The van der Waals surface area contributed by atoms with Crippen molar-refractivity contribution in [1.82, 2.24) is 25.8 Å². The number of urea groups is 1. The van der Waals surface area contributed by atoms with Crippen LogP contribution in [0.5, 0.6) is 0 Å². The molecule has 5 N–H and O–H groups in total. The summed E-state index contributed by atoms with van der Waals surface area (Å²) in [7, 11) is 3.21. The highest BCUT2D eigenvalue weighted by Crippen LogP contribution is 2.15. The molecule has 142 valence electrons. The van der Waals surface area contributed by atoms with Crippen LogP contribution in [0.3, 0.4) is 0 Å². The van der Waals surface area contributed by atoms with E-state index in [-0.39, 0.29) is 30.4 Å². The third-order valence-corrected chi connectivity index (χ3v) is 4.62. The second-order valence-corrected chi connectivity index (χ2v) is 6.40. The third kappa shape index (κ3) is 5.89. The molecule has 1 aliphatic rings. The summed E-state index contributed by atoms with van der Waals surface area (Å²) in [5, 5.41) is 9.36. The van der Waals surface area contributed by atoms with Crippen molar-refractivity contribution >= 4 is 25.8 Å². The van der Waals surface area contributed by atoms with E-state index in [2.05, 4.69) is 22.8 Å². The molecule has 0 aromatic rings. The lowest BCUT2D eigenvalue weighted by atomic mass is 10.0. The highest BCUT2D eigenvalue weighted by atomic mass is 16.2. The van der Waals surface area contributed by atoms with Gasteiger partial charge in [-0.3, -0.25) is 19.4 Å². The van der Waals surface area contributed by atoms with Gasteiger partial charge in [0.25, 0.3) is 5.91 Å². The fourth-order valence-electron chi connectivity index (χ4n) is 2.79. The van der Waals surface area contributed by atoms with E-state index in [9.17, 15) is 14.4 Å². The second kappa shape index (κ2) is 10.2. The average molecular weight is 354 g/mol. The number of unbranched alkanes of at least 4 members (excludes halogenated alkanes) is 1. The van der Waals surface area contributed by atoms with E-state index in [1.165, 1.54) is 5.01 Å². The minimum atomic E-state index is -0.866. The lowest BCUT2D eigenvalue weighted by Gasteiger charge is -2.37. The Morgan fingerprint density at radius 2 is 2.12 bits per heavy atom. The molecule has 0 bridgehead atoms. The van der Waals surface area contributed by atoms with Gasteiger partial charge in [-0.25, -0.2) is 5.84 Å². The van der Waals surface area contributed by atoms with E-state index in [0.29, 0.717) is 13.0 Å². The van der Waals surface area contributed by atoms with Crippen molar-refractivity contribution in [3.8, 4) is 0 Å². The van der Waals surface area contributed by atoms with Gasteiger partial charge >= 0.3 is 6.03 Å². The maximum atomic E-state index is 12.8. The van der Waals surface area contributed by atoms with Gasteiger partial charge < -0.3 is 20.8 Å². The highest BCUT2D eigenvalue weighted by Gasteiger charge is 2.34. The largest absolute Gasteiger partial charge is 0.388 e. The number of carbonyl (C=O) groups excluding carboxylic acids is 3. The van der Waals surface area contributed by atoms with Crippen molar-refractivity contribution in [2.45, 2.75) is 57.7 Å². The first-order valence-corrected chi connectivity index (χ1v) is 8.87. The summed E-state index contributed by atoms with van der Waals surface area (Å²) in [4.78, 5) is 38.6. The van der Waals surface area contributed by atoms with Crippen LogP contribution in [0.1, 0.15) is 39.5 Å². The third-order valence-electron chi connectivity index (χ3n) is 4.62. The van der Waals surface area contributed by atoms with E-state index >= 15 is 0 Å². The molecule has 1 rings (SSSR count). The normalized spacial score (nSPS) is 22.8. The number of hydrazine groups is 1. The van der Waals surface area contributed by atoms with Gasteiger partial charge in [0, 0.05) is 12.6 Å². The van der Waals surface area contributed by atoms with Gasteiger partial charge in [0.15, 0.2) is 0 Å². The Hall–Kier alpha value is -1.81. The molecule has 10 heteroatoms. The second-order valence-electron chi connectivity index (χ2n) is 6.40. The van der Waals surface area contributed by atoms with E-state index in [4.69, 9.17) is 5.84 Å². The quantitative estimate of drug-likeness (QED) is 0.258. The predicted octanol–water partition coefficient (Wildman–Crippen LogP) is -1.70. The molecule has 1 aliphatic heterocycles. The number of rotatable bonds is 6. The Morgan fingerprint density at radius 3 is 2.68 bits per heavy atom. The molecule has 0 aromatic heterocycles. The molecule has 0 unspecified atom stereocenters. The average Bonchev–Trinajstić information content (AvgIpc) is 2.62. The van der Waals surface area contributed by atoms with Gasteiger partial charge in [-0.05, 0) is 26.8 Å². The molecule has 1 saturated heterocycles. The van der Waals surface area contributed by atoms with Crippen LogP contribution in [0.25, 0.3) is 0 Å². The van der Waals surface area contributed by atoms with Crippen LogP contribution < -0.4 is 21.7 Å². The van der Waals surface area contributed by atoms with E-state index in [1.54, 1.807) is 26.9 Å². The zero-order valence-corrected chi connectivity index (χ0v) is 15.7. The Kier molecular flexibility index (Phi) is 8.70. The molecule has 0 radical (unpaired) electrons. The number of hydrogen-bond donors (Lipinski definition) is 4. The fraction of sp³-hybridized carbons (Fsp3) is 0.800. The van der Waals surface area contributed by atoms with Crippen LogP contribution >= 0.6 is 0 Å². The topological polar surface area (TPSA) is 120 Å². The minimum Gasteiger partial charge on any atom is -0.388 e. The summed E-state index contributed by atoms with van der Waals surface area (Å²) < 4.78 is 0. The SMILES string of the molecule is BNC(=O)N1CC[C@@H](CCCC)N(N)C(=O)[C@@H](NC(=O)[C@H](C)NC)C1. The molecule has 0 spiro atoms. The van der Waals surface area contributed by atoms with Gasteiger partial charge in [0.1, 0.15) is 6.04 Å². The van der Waals surface area contributed by atoms with Crippen molar-refractivity contribution in [3.05, 3.63) is 0 Å². The first kappa shape index (κ1) is 21.2. The van der Waals surface area contributed by atoms with E-state index < -0.39 is 12.1 Å². The van der Waals surface area contributed by atoms with Gasteiger partial charge in [-0.1, -0.05) is 19.8 Å². The molecular weight excluding hydrogens is 323 g/mol. The van der Waals surface area contributed by atoms with Gasteiger partial charge in [0.2, 0.25) is 13.9 Å². The van der Waals surface area contributed by atoms with Crippen molar-refractivity contribution in [3.63, 3.8) is 0 Å². The van der Waals surface area contributed by atoms with Crippen molar-refractivity contribution < 1.29 is 14.4 Å². The number of amides is 4. The number of hydrogen-bond acceptors (Lipinski definition) is 5. The molecule has 1 heterocycles. The molecule has 0 aliphatic carbocycles. The Labute approximate surface area is 150 Å². The van der Waals surface area contributed by atoms with Crippen LogP contribution in [0.2, 0.25) is 0 Å². The van der Waals surface area contributed by atoms with Crippen LogP contribution in [0, 0.1) is 0 Å². The monoisotopic (exact) mass is 354 g/mol. The maximum absolute atomic E-state index is 12.8. The van der Waals surface area contributed by atoms with Crippen molar-refractivity contribution in [1.29, 1.82) is 0 Å².